The van der Waals surface area contributed by atoms with Gasteiger partial charge < -0.3 is 15.1 Å². The number of fused-ring (bicyclic) bond motifs is 1. The molecule has 10 nitrogen and oxygen atoms in total. The molecular formula is C35H32N4O6. The molecular weight excluding hydrogens is 572 g/mol. The number of carboxylic acids is 2. The second-order valence-electron chi connectivity index (χ2n) is 10.5. The van der Waals surface area contributed by atoms with Crippen LogP contribution in [0.2, 0.25) is 0 Å². The fourth-order valence-electron chi connectivity index (χ4n) is 5.38. The largest absolute Gasteiger partial charge is 0.478 e. The third-order valence-electron chi connectivity index (χ3n) is 7.90. The first-order valence-electron chi connectivity index (χ1n) is 14.5. The molecule has 228 valence electrons. The number of carbonyl (C=O) groups excluding carboxylic acids is 1. The van der Waals surface area contributed by atoms with Crippen molar-refractivity contribution < 1.29 is 24.6 Å². The summed E-state index contributed by atoms with van der Waals surface area (Å²) in [6.45, 7) is 9.74. The topological polar surface area (TPSA) is 133 Å². The molecule has 1 aromatic heterocycles. The molecule has 2 N–H and O–H groups in total. The van der Waals surface area contributed by atoms with E-state index in [0.717, 1.165) is 34.9 Å². The van der Waals surface area contributed by atoms with Crippen molar-refractivity contribution in [2.75, 3.05) is 23.0 Å². The molecule has 1 amide bonds. The minimum atomic E-state index is -1.11. The van der Waals surface area contributed by atoms with Gasteiger partial charge in [-0.15, -0.1) is 5.10 Å². The Balaban J connectivity index is 1.66. The molecule has 45 heavy (non-hydrogen) atoms. The standard InChI is InChI=1S/C35H32N4O6/c1-5-37(6-2)28-19-10-23(21(3)20-28)8-7-9-29-22(4)30-31(38(32(29)40)26-15-11-24(12-16-26)34(42)43)36-39(33(30)41)27-17-13-25(14-18-27)35(44)45/h7-20H,5-6H2,1-4H3,(H,42,43)(H,44,45)/b8-7?,29-9-. The number of aromatic carboxylic acids is 2. The average molecular weight is 605 g/mol. The van der Waals surface area contributed by atoms with Crippen LogP contribution in [-0.4, -0.2) is 45.7 Å². The second-order valence-corrected chi connectivity index (χ2v) is 10.5. The number of nitrogens with zero attached hydrogens (tertiary/aromatic N) is 4. The molecule has 0 saturated heterocycles. The Morgan fingerprint density at radius 3 is 1.96 bits per heavy atom. The number of anilines is 2. The number of allylic oxidation sites excluding steroid dienone is 1. The van der Waals surface area contributed by atoms with Gasteiger partial charge in [-0.2, -0.15) is 5.01 Å². The van der Waals surface area contributed by atoms with Gasteiger partial charge in [-0.3, -0.25) is 14.2 Å². The van der Waals surface area contributed by atoms with Crippen molar-refractivity contribution in [1.82, 2.24) is 4.57 Å². The van der Waals surface area contributed by atoms with Crippen molar-refractivity contribution in [3.63, 3.8) is 0 Å². The fourth-order valence-corrected chi connectivity index (χ4v) is 5.38. The minimum Gasteiger partial charge on any atom is -0.478 e. The lowest BCUT2D eigenvalue weighted by Gasteiger charge is -2.21. The maximum Gasteiger partial charge on any atom is 0.335 e. The molecule has 1 aliphatic heterocycles. The Kier molecular flexibility index (Phi) is 8.49. The van der Waals surface area contributed by atoms with Crippen LogP contribution in [0.4, 0.5) is 11.4 Å². The van der Waals surface area contributed by atoms with Crippen molar-refractivity contribution in [2.45, 2.75) is 27.7 Å². The lowest BCUT2D eigenvalue weighted by molar-refractivity contribution is 0.0686. The van der Waals surface area contributed by atoms with E-state index in [-0.39, 0.29) is 27.4 Å². The zero-order valence-corrected chi connectivity index (χ0v) is 25.3. The SMILES string of the molecule is CCN(CC)c1ccc(C=C/C=c2/c(C)c3c(n(-c4ccc(C(=O)O)cc4)c2=O)=NN(c2ccc(C(=O)O)cc2)C3=O)c(C)c1. The summed E-state index contributed by atoms with van der Waals surface area (Å²) in [5.74, 6) is -2.70. The number of pyridine rings is 1. The number of carbonyl (C=O) groups is 3. The zero-order valence-electron chi connectivity index (χ0n) is 25.3. The maximum atomic E-state index is 14.1. The van der Waals surface area contributed by atoms with Crippen LogP contribution < -0.4 is 26.2 Å². The smallest absolute Gasteiger partial charge is 0.335 e. The van der Waals surface area contributed by atoms with Gasteiger partial charge in [0.25, 0.3) is 11.5 Å². The quantitative estimate of drug-likeness (QED) is 0.290. The number of benzene rings is 3. The van der Waals surface area contributed by atoms with Crippen LogP contribution in [0, 0.1) is 13.8 Å². The van der Waals surface area contributed by atoms with Gasteiger partial charge in [0, 0.05) is 24.0 Å². The van der Waals surface area contributed by atoms with E-state index in [1.165, 1.54) is 53.1 Å². The normalized spacial score (nSPS) is 12.8. The molecule has 0 spiro atoms. The highest BCUT2D eigenvalue weighted by Crippen LogP contribution is 2.22. The van der Waals surface area contributed by atoms with Crippen molar-refractivity contribution in [3.8, 4) is 5.69 Å². The number of carboxylic acid groups (broad SMARTS) is 2. The highest BCUT2D eigenvalue weighted by atomic mass is 16.4. The lowest BCUT2D eigenvalue weighted by Crippen LogP contribution is -2.45. The molecule has 4 aromatic rings. The minimum absolute atomic E-state index is 0.0424. The van der Waals surface area contributed by atoms with E-state index in [2.05, 4.69) is 36.0 Å². The molecule has 0 fully saturated rings. The van der Waals surface area contributed by atoms with E-state index in [0.29, 0.717) is 16.9 Å². The van der Waals surface area contributed by atoms with E-state index in [4.69, 9.17) is 0 Å². The summed E-state index contributed by atoms with van der Waals surface area (Å²) < 4.78 is 1.29. The summed E-state index contributed by atoms with van der Waals surface area (Å²) in [6.07, 6.45) is 5.34. The van der Waals surface area contributed by atoms with Gasteiger partial charge in [0.05, 0.1) is 28.1 Å². The van der Waals surface area contributed by atoms with Gasteiger partial charge in [-0.25, -0.2) is 9.59 Å². The Hall–Kier alpha value is -5.77. The molecule has 0 unspecified atom stereocenters. The number of hydrogen-bond donors (Lipinski definition) is 2. The molecule has 3 aromatic carbocycles. The number of aromatic nitrogens is 1. The Labute approximate surface area is 259 Å². The maximum absolute atomic E-state index is 14.1. The van der Waals surface area contributed by atoms with Crippen LogP contribution in [-0.2, 0) is 0 Å². The van der Waals surface area contributed by atoms with E-state index in [1.54, 1.807) is 19.1 Å². The molecule has 1 aliphatic rings. The van der Waals surface area contributed by atoms with Crippen LogP contribution in [0.5, 0.6) is 0 Å². The van der Waals surface area contributed by atoms with E-state index >= 15 is 0 Å². The van der Waals surface area contributed by atoms with Crippen LogP contribution in [0.25, 0.3) is 17.8 Å². The Morgan fingerprint density at radius 2 is 1.42 bits per heavy atom. The Bertz CT molecular complexity index is 2040. The summed E-state index contributed by atoms with van der Waals surface area (Å²) in [4.78, 5) is 52.9. The van der Waals surface area contributed by atoms with Crippen LogP contribution in [0.1, 0.15) is 61.6 Å². The summed E-state index contributed by atoms with van der Waals surface area (Å²) in [5.41, 5.74) is 4.24. The highest BCUT2D eigenvalue weighted by molar-refractivity contribution is 6.08. The monoisotopic (exact) mass is 604 g/mol. The molecule has 10 heteroatoms. The van der Waals surface area contributed by atoms with Gasteiger partial charge in [0.15, 0.2) is 5.49 Å². The highest BCUT2D eigenvalue weighted by Gasteiger charge is 2.31. The molecule has 0 bridgehead atoms. The predicted molar refractivity (Wildman–Crippen MR) is 173 cm³/mol. The summed E-state index contributed by atoms with van der Waals surface area (Å²) in [5, 5.41) is 24.5. The molecule has 2 heterocycles. The van der Waals surface area contributed by atoms with Gasteiger partial charge in [0.1, 0.15) is 0 Å². The van der Waals surface area contributed by atoms with Gasteiger partial charge in [-0.05, 0) is 111 Å². The zero-order chi connectivity index (χ0) is 32.4. The van der Waals surface area contributed by atoms with Crippen LogP contribution in [0.3, 0.4) is 0 Å². The number of aryl methyl sites for hydroxylation is 1. The van der Waals surface area contributed by atoms with Crippen molar-refractivity contribution in [1.29, 1.82) is 0 Å². The summed E-state index contributed by atoms with van der Waals surface area (Å²) >= 11 is 0. The molecule has 0 aliphatic carbocycles. The summed E-state index contributed by atoms with van der Waals surface area (Å²) in [6, 6.07) is 17.6. The average Bonchev–Trinajstić information content (AvgIpc) is 3.37. The third-order valence-corrected chi connectivity index (χ3v) is 7.90. The number of rotatable bonds is 9. The van der Waals surface area contributed by atoms with Crippen molar-refractivity contribution in [3.05, 3.63) is 127 Å². The van der Waals surface area contributed by atoms with Gasteiger partial charge in [-0.1, -0.05) is 18.2 Å². The van der Waals surface area contributed by atoms with Crippen molar-refractivity contribution in [2.24, 2.45) is 5.10 Å². The van der Waals surface area contributed by atoms with Crippen LogP contribution >= 0.6 is 0 Å². The lowest BCUT2D eigenvalue weighted by atomic mass is 10.1. The number of hydrogen-bond acceptors (Lipinski definition) is 6. The fraction of sp³-hybridized carbons (Fsp3) is 0.171. The van der Waals surface area contributed by atoms with Gasteiger partial charge in [0.2, 0.25) is 0 Å². The number of amides is 1. The third kappa shape index (κ3) is 5.77. The predicted octanol–water partition coefficient (Wildman–Crippen LogP) is 4.39. The molecule has 0 atom stereocenters. The molecule has 5 rings (SSSR count). The Morgan fingerprint density at radius 1 is 0.844 bits per heavy atom. The van der Waals surface area contributed by atoms with E-state index < -0.39 is 23.4 Å². The van der Waals surface area contributed by atoms with E-state index in [1.807, 2.05) is 19.1 Å². The van der Waals surface area contributed by atoms with Crippen LogP contribution in [0.15, 0.2) is 82.7 Å². The second kappa shape index (κ2) is 12.5. The molecule has 0 radical (unpaired) electrons. The summed E-state index contributed by atoms with van der Waals surface area (Å²) in [7, 11) is 0. The van der Waals surface area contributed by atoms with Gasteiger partial charge >= 0.3 is 11.9 Å². The first-order valence-corrected chi connectivity index (χ1v) is 14.5. The first kappa shape index (κ1) is 30.7. The van der Waals surface area contributed by atoms with Crippen molar-refractivity contribution >= 4 is 41.4 Å². The first-order chi connectivity index (χ1) is 21.5. The van der Waals surface area contributed by atoms with E-state index in [9.17, 15) is 29.4 Å². The molecule has 0 saturated carbocycles.